The minimum absolute atomic E-state index is 0.0228. The normalized spacial score (nSPS) is 14.5. The Labute approximate surface area is 133 Å². The third-order valence-electron chi connectivity index (χ3n) is 4.32. The molecule has 0 bridgehead atoms. The SMILES string of the molecule is CC(C)c1cnc2c(c1NC(=O)C1CC1)c(=O)n(C)c(=O)n2C. The van der Waals surface area contributed by atoms with Crippen molar-refractivity contribution in [1.82, 2.24) is 14.1 Å². The van der Waals surface area contributed by atoms with Crippen LogP contribution < -0.4 is 16.6 Å². The zero-order valence-electron chi connectivity index (χ0n) is 13.7. The van der Waals surface area contributed by atoms with Gasteiger partial charge in [0, 0.05) is 26.2 Å². The van der Waals surface area contributed by atoms with Gasteiger partial charge in [-0.15, -0.1) is 0 Å². The number of carbonyl (C=O) groups excluding carboxylic acids is 1. The van der Waals surface area contributed by atoms with Crippen molar-refractivity contribution in [2.24, 2.45) is 20.0 Å². The van der Waals surface area contributed by atoms with Crippen molar-refractivity contribution in [2.75, 3.05) is 5.32 Å². The Hall–Kier alpha value is -2.44. The molecule has 2 heterocycles. The number of carbonyl (C=O) groups is 1. The van der Waals surface area contributed by atoms with Crippen molar-refractivity contribution >= 4 is 22.6 Å². The first-order valence-corrected chi connectivity index (χ1v) is 7.72. The van der Waals surface area contributed by atoms with E-state index in [2.05, 4.69) is 10.3 Å². The molecule has 1 aliphatic rings. The van der Waals surface area contributed by atoms with E-state index in [0.717, 1.165) is 23.0 Å². The van der Waals surface area contributed by atoms with Gasteiger partial charge in [0.05, 0.1) is 5.69 Å². The summed E-state index contributed by atoms with van der Waals surface area (Å²) in [5.74, 6) is 0.0354. The Morgan fingerprint density at radius 2 is 1.91 bits per heavy atom. The van der Waals surface area contributed by atoms with Crippen LogP contribution in [0.2, 0.25) is 0 Å². The maximum atomic E-state index is 12.6. The molecule has 1 N–H and O–H groups in total. The van der Waals surface area contributed by atoms with Crippen LogP contribution in [0.25, 0.3) is 11.0 Å². The summed E-state index contributed by atoms with van der Waals surface area (Å²) in [5.41, 5.74) is 0.685. The lowest BCUT2D eigenvalue weighted by molar-refractivity contribution is -0.117. The van der Waals surface area contributed by atoms with E-state index in [4.69, 9.17) is 0 Å². The lowest BCUT2D eigenvalue weighted by Crippen LogP contribution is -2.38. The molecule has 0 spiro atoms. The van der Waals surface area contributed by atoms with E-state index in [9.17, 15) is 14.4 Å². The highest BCUT2D eigenvalue weighted by atomic mass is 16.2. The molecule has 1 aliphatic carbocycles. The topological polar surface area (TPSA) is 86.0 Å². The summed E-state index contributed by atoms with van der Waals surface area (Å²) >= 11 is 0. The Kier molecular flexibility index (Phi) is 3.58. The van der Waals surface area contributed by atoms with Crippen LogP contribution in [0, 0.1) is 5.92 Å². The summed E-state index contributed by atoms with van der Waals surface area (Å²) in [6.07, 6.45) is 3.39. The quantitative estimate of drug-likeness (QED) is 0.919. The van der Waals surface area contributed by atoms with E-state index >= 15 is 0 Å². The third-order valence-corrected chi connectivity index (χ3v) is 4.32. The molecule has 0 radical (unpaired) electrons. The van der Waals surface area contributed by atoms with Crippen LogP contribution >= 0.6 is 0 Å². The van der Waals surface area contributed by atoms with Crippen molar-refractivity contribution in [3.05, 3.63) is 32.6 Å². The second kappa shape index (κ2) is 5.33. The maximum Gasteiger partial charge on any atom is 0.332 e. The van der Waals surface area contributed by atoms with Crippen LogP contribution in [0.3, 0.4) is 0 Å². The summed E-state index contributed by atoms with van der Waals surface area (Å²) in [7, 11) is 3.00. The highest BCUT2D eigenvalue weighted by Crippen LogP contribution is 2.33. The summed E-state index contributed by atoms with van der Waals surface area (Å²) in [4.78, 5) is 41.2. The van der Waals surface area contributed by atoms with Gasteiger partial charge in [0.15, 0.2) is 5.65 Å². The van der Waals surface area contributed by atoms with Gasteiger partial charge in [-0.05, 0) is 24.3 Å². The molecule has 0 aliphatic heterocycles. The number of anilines is 1. The standard InChI is InChI=1S/C16H20N4O3/c1-8(2)10-7-17-13-11(12(10)18-14(21)9-5-6-9)15(22)20(4)16(23)19(13)3/h7-9H,5-6H2,1-4H3,(H,17,18,21). The van der Waals surface area contributed by atoms with Gasteiger partial charge >= 0.3 is 5.69 Å². The second-order valence-corrected chi connectivity index (χ2v) is 6.41. The van der Waals surface area contributed by atoms with E-state index in [1.54, 1.807) is 13.2 Å². The number of aryl methyl sites for hydroxylation is 1. The van der Waals surface area contributed by atoms with Crippen molar-refractivity contribution < 1.29 is 4.79 Å². The molecule has 1 amide bonds. The van der Waals surface area contributed by atoms with E-state index in [1.165, 1.54) is 11.6 Å². The van der Waals surface area contributed by atoms with Crippen LogP contribution in [0.1, 0.15) is 38.2 Å². The zero-order chi connectivity index (χ0) is 16.9. The lowest BCUT2D eigenvalue weighted by atomic mass is 10.0. The van der Waals surface area contributed by atoms with Crippen molar-refractivity contribution in [2.45, 2.75) is 32.6 Å². The first kappa shape index (κ1) is 15.5. The minimum atomic E-state index is -0.441. The number of amides is 1. The molecule has 2 aromatic rings. The van der Waals surface area contributed by atoms with Gasteiger partial charge in [-0.3, -0.25) is 18.7 Å². The molecule has 7 heteroatoms. The van der Waals surface area contributed by atoms with E-state index in [-0.39, 0.29) is 28.8 Å². The fourth-order valence-corrected chi connectivity index (χ4v) is 2.69. The molecule has 1 fully saturated rings. The van der Waals surface area contributed by atoms with Crippen molar-refractivity contribution in [1.29, 1.82) is 0 Å². The molecule has 122 valence electrons. The predicted molar refractivity (Wildman–Crippen MR) is 87.7 cm³/mol. The second-order valence-electron chi connectivity index (χ2n) is 6.41. The summed E-state index contributed by atoms with van der Waals surface area (Å²) in [6.45, 7) is 3.95. The summed E-state index contributed by atoms with van der Waals surface area (Å²) in [6, 6.07) is 0. The summed E-state index contributed by atoms with van der Waals surface area (Å²) < 4.78 is 2.37. The third kappa shape index (κ3) is 2.46. The Bertz CT molecular complexity index is 920. The van der Waals surface area contributed by atoms with Gasteiger partial charge in [-0.1, -0.05) is 13.8 Å². The fraction of sp³-hybridized carbons (Fsp3) is 0.500. The van der Waals surface area contributed by atoms with Gasteiger partial charge in [-0.25, -0.2) is 9.78 Å². The van der Waals surface area contributed by atoms with Crippen LogP contribution in [-0.4, -0.2) is 20.0 Å². The number of rotatable bonds is 3. The molecule has 0 saturated heterocycles. The van der Waals surface area contributed by atoms with Crippen LogP contribution in [0.15, 0.2) is 15.8 Å². The zero-order valence-corrected chi connectivity index (χ0v) is 13.7. The monoisotopic (exact) mass is 316 g/mol. The van der Waals surface area contributed by atoms with Crippen molar-refractivity contribution in [3.8, 4) is 0 Å². The number of fused-ring (bicyclic) bond motifs is 1. The molecule has 3 rings (SSSR count). The number of aromatic nitrogens is 3. The van der Waals surface area contributed by atoms with Crippen LogP contribution in [-0.2, 0) is 18.9 Å². The Morgan fingerprint density at radius 3 is 2.48 bits per heavy atom. The molecule has 1 saturated carbocycles. The number of hydrogen-bond donors (Lipinski definition) is 1. The molecule has 23 heavy (non-hydrogen) atoms. The lowest BCUT2D eigenvalue weighted by Gasteiger charge is -2.17. The smallest absolute Gasteiger partial charge is 0.325 e. The average Bonchev–Trinajstić information content (AvgIpc) is 3.34. The maximum absolute atomic E-state index is 12.6. The molecule has 0 atom stereocenters. The highest BCUT2D eigenvalue weighted by molar-refractivity contribution is 6.02. The van der Waals surface area contributed by atoms with Gasteiger partial charge in [0.2, 0.25) is 5.91 Å². The van der Waals surface area contributed by atoms with Gasteiger partial charge in [-0.2, -0.15) is 0 Å². The number of pyridine rings is 1. The van der Waals surface area contributed by atoms with E-state index in [0.29, 0.717) is 5.69 Å². The molecule has 0 aromatic carbocycles. The highest BCUT2D eigenvalue weighted by Gasteiger charge is 2.31. The van der Waals surface area contributed by atoms with E-state index < -0.39 is 11.2 Å². The number of nitrogens with one attached hydrogen (secondary N) is 1. The van der Waals surface area contributed by atoms with Crippen molar-refractivity contribution in [3.63, 3.8) is 0 Å². The fourth-order valence-electron chi connectivity index (χ4n) is 2.69. The largest absolute Gasteiger partial charge is 0.332 e. The molecule has 2 aromatic heterocycles. The Balaban J connectivity index is 2.36. The van der Waals surface area contributed by atoms with Crippen LogP contribution in [0.5, 0.6) is 0 Å². The van der Waals surface area contributed by atoms with Gasteiger partial charge in [0.25, 0.3) is 5.56 Å². The van der Waals surface area contributed by atoms with E-state index in [1.807, 2.05) is 13.8 Å². The number of nitrogens with zero attached hydrogens (tertiary/aromatic N) is 3. The molecule has 7 nitrogen and oxygen atoms in total. The minimum Gasteiger partial charge on any atom is -0.325 e. The first-order valence-electron chi connectivity index (χ1n) is 7.72. The molecular formula is C16H20N4O3. The van der Waals surface area contributed by atoms with Gasteiger partial charge < -0.3 is 5.32 Å². The van der Waals surface area contributed by atoms with Gasteiger partial charge in [0.1, 0.15) is 5.39 Å². The molecule has 0 unspecified atom stereocenters. The predicted octanol–water partition coefficient (Wildman–Crippen LogP) is 1.10. The Morgan fingerprint density at radius 1 is 1.26 bits per heavy atom. The van der Waals surface area contributed by atoms with Crippen LogP contribution in [0.4, 0.5) is 5.69 Å². The average molecular weight is 316 g/mol. The summed E-state index contributed by atoms with van der Waals surface area (Å²) in [5, 5.41) is 3.19. The molecular weight excluding hydrogens is 296 g/mol. The first-order chi connectivity index (χ1) is 10.8. The number of hydrogen-bond acceptors (Lipinski definition) is 4.